The Kier molecular flexibility index (Phi) is 6.03. The summed E-state index contributed by atoms with van der Waals surface area (Å²) in [4.78, 5) is 0. The molecule has 0 spiro atoms. The van der Waals surface area contributed by atoms with Crippen LogP contribution < -0.4 is 4.74 Å². The summed E-state index contributed by atoms with van der Waals surface area (Å²) in [6.07, 6.45) is -4.78. The van der Waals surface area contributed by atoms with Gasteiger partial charge in [0.05, 0.1) is 0 Å². The number of rotatable bonds is 4. The van der Waals surface area contributed by atoms with Gasteiger partial charge in [0.15, 0.2) is 0 Å². The maximum absolute atomic E-state index is 12.5. The average Bonchev–Trinajstić information content (AvgIpc) is 2.50. The summed E-state index contributed by atoms with van der Waals surface area (Å²) >= 11 is -1.58. The van der Waals surface area contributed by atoms with E-state index in [1.54, 1.807) is 32.9 Å². The second kappa shape index (κ2) is 7.72. The minimum Gasteiger partial charge on any atom is -0.591 e. The van der Waals surface area contributed by atoms with Crippen molar-refractivity contribution in [1.82, 2.24) is 0 Å². The second-order valence-electron chi connectivity index (χ2n) is 6.75. The topological polar surface area (TPSA) is 44.7 Å². The van der Waals surface area contributed by atoms with E-state index < -0.39 is 22.5 Å². The van der Waals surface area contributed by atoms with Gasteiger partial charge < -0.3 is 9.29 Å². The maximum atomic E-state index is 12.5. The van der Waals surface area contributed by atoms with Crippen LogP contribution in [0.5, 0.6) is 5.75 Å². The van der Waals surface area contributed by atoms with Crippen molar-refractivity contribution in [2.75, 3.05) is 0 Å². The molecule has 0 saturated carbocycles. The third-order valence-corrected chi connectivity index (χ3v) is 4.73. The van der Waals surface area contributed by atoms with E-state index in [0.29, 0.717) is 16.8 Å². The smallest absolute Gasteiger partial charge is 0.573 e. The quantitative estimate of drug-likeness (QED) is 0.538. The summed E-state index contributed by atoms with van der Waals surface area (Å²) in [7, 11) is 0. The molecule has 0 saturated heterocycles. The lowest BCUT2D eigenvalue weighted by molar-refractivity contribution is -0.274. The fourth-order valence-electron chi connectivity index (χ4n) is 2.12. The molecule has 1 atom stereocenters. The third-order valence-electron chi connectivity index (χ3n) is 3.33. The van der Waals surface area contributed by atoms with Gasteiger partial charge in [0, 0.05) is 11.1 Å². The van der Waals surface area contributed by atoms with Crippen LogP contribution in [0.25, 0.3) is 0 Å². The fourth-order valence-corrected chi connectivity index (χ4v) is 2.78. The molecule has 0 aliphatic carbocycles. The molecule has 2 aromatic rings. The fraction of sp³-hybridized carbons (Fsp3) is 0.316. The standard InChI is InChI=1S/C19H20F3NO2S/c1-13-7-5-8-14(11-13)17(23-26(24)18(2,3)4)15-9-6-10-16(12-15)25-19(20,21)22/h5-12H,1-4H3/b23-17+/t26-/m1/s1. The molecule has 7 heteroatoms. The minimum atomic E-state index is -4.78. The highest BCUT2D eigenvalue weighted by atomic mass is 32.2. The lowest BCUT2D eigenvalue weighted by atomic mass is 10.0. The Morgan fingerprint density at radius 2 is 1.58 bits per heavy atom. The largest absolute Gasteiger partial charge is 0.591 e. The van der Waals surface area contributed by atoms with Crippen molar-refractivity contribution in [2.45, 2.75) is 38.8 Å². The van der Waals surface area contributed by atoms with E-state index in [1.807, 2.05) is 25.1 Å². The van der Waals surface area contributed by atoms with Crippen molar-refractivity contribution < 1.29 is 22.5 Å². The average molecular weight is 383 g/mol. The Hall–Kier alpha value is -1.99. The minimum absolute atomic E-state index is 0.350. The van der Waals surface area contributed by atoms with Crippen LogP contribution in [0, 0.1) is 6.92 Å². The molecule has 0 heterocycles. The zero-order chi connectivity index (χ0) is 19.5. The first-order valence-electron chi connectivity index (χ1n) is 7.89. The molecule has 0 bridgehead atoms. The number of benzene rings is 2. The Morgan fingerprint density at radius 3 is 2.12 bits per heavy atom. The van der Waals surface area contributed by atoms with E-state index >= 15 is 0 Å². The molecule has 2 rings (SSSR count). The van der Waals surface area contributed by atoms with E-state index in [4.69, 9.17) is 0 Å². The number of hydrogen-bond donors (Lipinski definition) is 0. The molecule has 140 valence electrons. The highest BCUT2D eigenvalue weighted by Gasteiger charge is 2.32. The van der Waals surface area contributed by atoms with E-state index in [-0.39, 0.29) is 5.75 Å². The van der Waals surface area contributed by atoms with Gasteiger partial charge in [-0.25, -0.2) is 0 Å². The van der Waals surface area contributed by atoms with Crippen LogP contribution in [0.4, 0.5) is 13.2 Å². The van der Waals surface area contributed by atoms with Gasteiger partial charge in [-0.15, -0.1) is 13.2 Å². The van der Waals surface area contributed by atoms with Gasteiger partial charge in [-0.2, -0.15) is 0 Å². The Balaban J connectivity index is 2.54. The molecule has 0 fully saturated rings. The molecular formula is C19H20F3NO2S. The zero-order valence-corrected chi connectivity index (χ0v) is 15.7. The molecule has 3 nitrogen and oxygen atoms in total. The van der Waals surface area contributed by atoms with Crippen LogP contribution in [-0.2, 0) is 11.4 Å². The number of aryl methyl sites for hydroxylation is 1. The number of ether oxygens (including phenoxy) is 1. The molecular weight excluding hydrogens is 363 g/mol. The zero-order valence-electron chi connectivity index (χ0n) is 14.9. The summed E-state index contributed by atoms with van der Waals surface area (Å²) in [6.45, 7) is 7.24. The summed E-state index contributed by atoms with van der Waals surface area (Å²) in [5.41, 5.74) is 2.38. The highest BCUT2D eigenvalue weighted by Crippen LogP contribution is 2.26. The summed E-state index contributed by atoms with van der Waals surface area (Å²) < 4.78 is 57.8. The number of alkyl halides is 3. The normalized spacial score (nSPS) is 14.2. The molecule has 0 N–H and O–H groups in total. The predicted molar refractivity (Wildman–Crippen MR) is 97.8 cm³/mol. The Morgan fingerprint density at radius 1 is 1.00 bits per heavy atom. The van der Waals surface area contributed by atoms with Gasteiger partial charge >= 0.3 is 6.36 Å². The van der Waals surface area contributed by atoms with Gasteiger partial charge in [0.1, 0.15) is 27.6 Å². The van der Waals surface area contributed by atoms with Crippen molar-refractivity contribution in [1.29, 1.82) is 0 Å². The predicted octanol–water partition coefficient (Wildman–Crippen LogP) is 5.19. The van der Waals surface area contributed by atoms with E-state index in [2.05, 4.69) is 9.13 Å². The van der Waals surface area contributed by atoms with Crippen LogP contribution in [0.15, 0.2) is 52.9 Å². The number of nitrogens with zero attached hydrogens (tertiary/aromatic N) is 1. The van der Waals surface area contributed by atoms with Crippen molar-refractivity contribution in [3.63, 3.8) is 0 Å². The van der Waals surface area contributed by atoms with Gasteiger partial charge in [-0.3, -0.25) is 0 Å². The maximum Gasteiger partial charge on any atom is 0.573 e. The van der Waals surface area contributed by atoms with Crippen molar-refractivity contribution in [3.05, 3.63) is 65.2 Å². The molecule has 0 unspecified atom stereocenters. The Bertz CT molecular complexity index is 798. The van der Waals surface area contributed by atoms with Gasteiger partial charge in [-0.05, 0) is 45.9 Å². The van der Waals surface area contributed by atoms with Gasteiger partial charge in [0.2, 0.25) is 0 Å². The van der Waals surface area contributed by atoms with Crippen molar-refractivity contribution in [3.8, 4) is 5.75 Å². The van der Waals surface area contributed by atoms with Crippen LogP contribution >= 0.6 is 0 Å². The lowest BCUT2D eigenvalue weighted by Gasteiger charge is -2.20. The molecule has 0 aliphatic rings. The van der Waals surface area contributed by atoms with E-state index in [1.165, 1.54) is 18.2 Å². The van der Waals surface area contributed by atoms with Crippen molar-refractivity contribution in [2.24, 2.45) is 4.40 Å². The van der Waals surface area contributed by atoms with E-state index in [9.17, 15) is 17.7 Å². The first-order chi connectivity index (χ1) is 12.0. The number of halogens is 3. The first kappa shape index (κ1) is 20.3. The monoisotopic (exact) mass is 383 g/mol. The highest BCUT2D eigenvalue weighted by molar-refractivity contribution is 7.91. The lowest BCUT2D eigenvalue weighted by Crippen LogP contribution is -2.27. The van der Waals surface area contributed by atoms with Gasteiger partial charge in [-0.1, -0.05) is 40.3 Å². The van der Waals surface area contributed by atoms with Crippen LogP contribution in [-0.4, -0.2) is 21.4 Å². The molecule has 0 aliphatic heterocycles. The summed E-state index contributed by atoms with van der Waals surface area (Å²) in [5.74, 6) is -0.350. The molecule has 0 radical (unpaired) electrons. The van der Waals surface area contributed by atoms with Crippen LogP contribution in [0.2, 0.25) is 0 Å². The van der Waals surface area contributed by atoms with Crippen LogP contribution in [0.3, 0.4) is 0 Å². The molecule has 2 aromatic carbocycles. The Labute approximate surface area is 154 Å². The molecule has 26 heavy (non-hydrogen) atoms. The molecule has 0 aromatic heterocycles. The van der Waals surface area contributed by atoms with Crippen molar-refractivity contribution >= 4 is 17.1 Å². The molecule has 0 amide bonds. The second-order valence-corrected chi connectivity index (χ2v) is 8.65. The summed E-state index contributed by atoms with van der Waals surface area (Å²) in [5, 5.41) is 0. The van der Waals surface area contributed by atoms with E-state index in [0.717, 1.165) is 5.56 Å². The summed E-state index contributed by atoms with van der Waals surface area (Å²) in [6, 6.07) is 12.9. The SMILES string of the molecule is Cc1cccc(/C(=N\[S@+]([O-])C(C)(C)C)c2cccc(OC(F)(F)F)c2)c1. The first-order valence-corrected chi connectivity index (χ1v) is 9.00. The van der Waals surface area contributed by atoms with Crippen LogP contribution in [0.1, 0.15) is 37.5 Å². The van der Waals surface area contributed by atoms with Gasteiger partial charge in [0.25, 0.3) is 0 Å². The third kappa shape index (κ3) is 5.78. The number of hydrogen-bond acceptors (Lipinski definition) is 3.